The third-order valence-corrected chi connectivity index (χ3v) is 3.08. The summed E-state index contributed by atoms with van der Waals surface area (Å²) in [6.45, 7) is 0. The summed E-state index contributed by atoms with van der Waals surface area (Å²) in [4.78, 5) is 24.4. The SMILES string of the molecule is CSc1ncc2c(n1)C(=O)c1cnccc1-2. The highest BCUT2D eigenvalue weighted by atomic mass is 32.2. The molecule has 0 spiro atoms. The molecule has 0 amide bonds. The van der Waals surface area contributed by atoms with Gasteiger partial charge in [0, 0.05) is 24.2 Å². The molecule has 0 saturated heterocycles. The smallest absolute Gasteiger partial charge is 0.214 e. The van der Waals surface area contributed by atoms with Gasteiger partial charge in [0.05, 0.1) is 5.56 Å². The van der Waals surface area contributed by atoms with Crippen LogP contribution in [-0.4, -0.2) is 27.0 Å². The topological polar surface area (TPSA) is 55.7 Å². The summed E-state index contributed by atoms with van der Waals surface area (Å²) >= 11 is 1.43. The van der Waals surface area contributed by atoms with E-state index in [1.807, 2.05) is 12.3 Å². The van der Waals surface area contributed by atoms with Crippen molar-refractivity contribution in [1.82, 2.24) is 15.0 Å². The summed E-state index contributed by atoms with van der Waals surface area (Å²) in [7, 11) is 0. The van der Waals surface area contributed by atoms with E-state index >= 15 is 0 Å². The molecular formula is C11H7N3OS. The second-order valence-corrected chi connectivity index (χ2v) is 4.14. The third-order valence-electron chi connectivity index (χ3n) is 2.52. The van der Waals surface area contributed by atoms with Crippen molar-refractivity contribution in [3.63, 3.8) is 0 Å². The quantitative estimate of drug-likeness (QED) is 0.470. The molecule has 3 rings (SSSR count). The minimum atomic E-state index is -0.0594. The van der Waals surface area contributed by atoms with Crippen molar-refractivity contribution in [2.24, 2.45) is 0 Å². The maximum atomic E-state index is 12.0. The molecule has 0 aromatic carbocycles. The molecule has 2 aromatic heterocycles. The Hall–Kier alpha value is -1.75. The average Bonchev–Trinajstić information content (AvgIpc) is 2.64. The van der Waals surface area contributed by atoms with Crippen molar-refractivity contribution in [2.75, 3.05) is 6.26 Å². The molecular weight excluding hydrogens is 222 g/mol. The van der Waals surface area contributed by atoms with Crippen molar-refractivity contribution < 1.29 is 4.79 Å². The molecule has 16 heavy (non-hydrogen) atoms. The van der Waals surface area contributed by atoms with Gasteiger partial charge in [-0.15, -0.1) is 0 Å². The zero-order valence-electron chi connectivity index (χ0n) is 8.47. The molecule has 4 nitrogen and oxygen atoms in total. The fourth-order valence-corrected chi connectivity index (χ4v) is 2.11. The van der Waals surface area contributed by atoms with Gasteiger partial charge >= 0.3 is 0 Å². The van der Waals surface area contributed by atoms with Gasteiger partial charge in [0.25, 0.3) is 0 Å². The maximum absolute atomic E-state index is 12.0. The molecule has 5 heteroatoms. The molecule has 0 atom stereocenters. The Kier molecular flexibility index (Phi) is 2.00. The van der Waals surface area contributed by atoms with Crippen molar-refractivity contribution in [2.45, 2.75) is 5.16 Å². The van der Waals surface area contributed by atoms with Gasteiger partial charge in [0.1, 0.15) is 5.69 Å². The van der Waals surface area contributed by atoms with Crippen molar-refractivity contribution in [3.8, 4) is 11.1 Å². The van der Waals surface area contributed by atoms with Gasteiger partial charge in [-0.1, -0.05) is 11.8 Å². The monoisotopic (exact) mass is 229 g/mol. The van der Waals surface area contributed by atoms with Crippen LogP contribution >= 0.6 is 11.8 Å². The number of thioether (sulfide) groups is 1. The van der Waals surface area contributed by atoms with E-state index in [4.69, 9.17) is 0 Å². The minimum absolute atomic E-state index is 0.0594. The minimum Gasteiger partial charge on any atom is -0.287 e. The highest BCUT2D eigenvalue weighted by Gasteiger charge is 2.28. The zero-order chi connectivity index (χ0) is 11.1. The molecule has 0 bridgehead atoms. The Bertz CT molecular complexity index is 598. The molecule has 1 aliphatic carbocycles. The van der Waals surface area contributed by atoms with Gasteiger partial charge < -0.3 is 0 Å². The summed E-state index contributed by atoms with van der Waals surface area (Å²) < 4.78 is 0. The fraction of sp³-hybridized carbons (Fsp3) is 0.0909. The highest BCUT2D eigenvalue weighted by molar-refractivity contribution is 7.98. The molecule has 2 heterocycles. The first-order valence-corrected chi connectivity index (χ1v) is 5.94. The number of hydrogen-bond acceptors (Lipinski definition) is 5. The normalized spacial score (nSPS) is 12.4. The average molecular weight is 229 g/mol. The number of carbonyl (C=O) groups excluding carboxylic acids is 1. The summed E-state index contributed by atoms with van der Waals surface area (Å²) in [5.41, 5.74) is 2.79. The standard InChI is InChI=1S/C11H7N3OS/c1-16-11-13-5-7-6-2-3-12-4-8(6)10(15)9(7)14-11/h2-5H,1H3. The molecule has 0 saturated carbocycles. The second kappa shape index (κ2) is 3.38. The van der Waals surface area contributed by atoms with E-state index in [1.54, 1.807) is 18.6 Å². The summed E-state index contributed by atoms with van der Waals surface area (Å²) in [5.74, 6) is -0.0594. The highest BCUT2D eigenvalue weighted by Crippen LogP contribution is 2.34. The first kappa shape index (κ1) is 9.47. The predicted molar refractivity (Wildman–Crippen MR) is 60.5 cm³/mol. The lowest BCUT2D eigenvalue weighted by Gasteiger charge is -1.98. The van der Waals surface area contributed by atoms with Crippen molar-refractivity contribution in [1.29, 1.82) is 0 Å². The van der Waals surface area contributed by atoms with Gasteiger partial charge in [0.15, 0.2) is 5.16 Å². The van der Waals surface area contributed by atoms with Crippen LogP contribution in [0.25, 0.3) is 11.1 Å². The van der Waals surface area contributed by atoms with E-state index < -0.39 is 0 Å². The Morgan fingerprint density at radius 1 is 1.19 bits per heavy atom. The van der Waals surface area contributed by atoms with E-state index in [0.29, 0.717) is 16.4 Å². The molecule has 0 N–H and O–H groups in total. The van der Waals surface area contributed by atoms with Crippen LogP contribution in [-0.2, 0) is 0 Å². The lowest BCUT2D eigenvalue weighted by molar-refractivity contribution is 0.103. The summed E-state index contributed by atoms with van der Waals surface area (Å²) in [6.07, 6.45) is 6.84. The first-order chi connectivity index (χ1) is 7.81. The number of carbonyl (C=O) groups is 1. The van der Waals surface area contributed by atoms with Crippen LogP contribution < -0.4 is 0 Å². The van der Waals surface area contributed by atoms with Crippen LogP contribution in [0.3, 0.4) is 0 Å². The van der Waals surface area contributed by atoms with E-state index in [9.17, 15) is 4.79 Å². The number of aromatic nitrogens is 3. The summed E-state index contributed by atoms with van der Waals surface area (Å²) in [5, 5.41) is 0.618. The van der Waals surface area contributed by atoms with E-state index in [-0.39, 0.29) is 5.78 Å². The Morgan fingerprint density at radius 3 is 2.88 bits per heavy atom. The molecule has 1 aliphatic rings. The predicted octanol–water partition coefficient (Wildman–Crippen LogP) is 1.80. The van der Waals surface area contributed by atoms with Crippen LogP contribution in [0.5, 0.6) is 0 Å². The number of fused-ring (bicyclic) bond motifs is 3. The van der Waals surface area contributed by atoms with E-state index in [0.717, 1.165) is 11.1 Å². The fourth-order valence-electron chi connectivity index (χ4n) is 1.77. The number of ketones is 1. The van der Waals surface area contributed by atoms with Gasteiger partial charge in [0.2, 0.25) is 5.78 Å². The third kappa shape index (κ3) is 1.18. The number of rotatable bonds is 1. The second-order valence-electron chi connectivity index (χ2n) is 3.37. The Morgan fingerprint density at radius 2 is 2.06 bits per heavy atom. The number of nitrogens with zero attached hydrogens (tertiary/aromatic N) is 3. The van der Waals surface area contributed by atoms with Gasteiger partial charge in [-0.05, 0) is 17.9 Å². The Balaban J connectivity index is 2.29. The summed E-state index contributed by atoms with van der Waals surface area (Å²) in [6, 6.07) is 1.82. The van der Waals surface area contributed by atoms with Crippen LogP contribution in [0, 0.1) is 0 Å². The largest absolute Gasteiger partial charge is 0.287 e. The lowest BCUT2D eigenvalue weighted by atomic mass is 10.1. The molecule has 0 aliphatic heterocycles. The van der Waals surface area contributed by atoms with Crippen LogP contribution in [0.4, 0.5) is 0 Å². The maximum Gasteiger partial charge on any atom is 0.214 e. The van der Waals surface area contributed by atoms with Crippen molar-refractivity contribution in [3.05, 3.63) is 35.9 Å². The number of pyridine rings is 1. The van der Waals surface area contributed by atoms with Crippen LogP contribution in [0.1, 0.15) is 16.1 Å². The number of hydrogen-bond donors (Lipinski definition) is 0. The van der Waals surface area contributed by atoms with Crippen molar-refractivity contribution >= 4 is 17.5 Å². The molecule has 78 valence electrons. The first-order valence-electron chi connectivity index (χ1n) is 4.71. The van der Waals surface area contributed by atoms with E-state index in [2.05, 4.69) is 15.0 Å². The lowest BCUT2D eigenvalue weighted by Crippen LogP contribution is -2.00. The molecule has 0 fully saturated rings. The van der Waals surface area contributed by atoms with Gasteiger partial charge in [-0.3, -0.25) is 9.78 Å². The Labute approximate surface area is 96.2 Å². The molecule has 2 aromatic rings. The van der Waals surface area contributed by atoms with Crippen LogP contribution in [0.2, 0.25) is 0 Å². The zero-order valence-corrected chi connectivity index (χ0v) is 9.28. The van der Waals surface area contributed by atoms with Gasteiger partial charge in [-0.25, -0.2) is 9.97 Å². The van der Waals surface area contributed by atoms with E-state index in [1.165, 1.54) is 11.8 Å². The molecule has 0 radical (unpaired) electrons. The molecule has 0 unspecified atom stereocenters. The van der Waals surface area contributed by atoms with Gasteiger partial charge in [-0.2, -0.15) is 0 Å². The van der Waals surface area contributed by atoms with Crippen LogP contribution in [0.15, 0.2) is 29.8 Å².